The Hall–Kier alpha value is -1.58. The fourth-order valence-electron chi connectivity index (χ4n) is 2.27. The molecular formula is C20H23BrO2. The van der Waals surface area contributed by atoms with Gasteiger partial charge in [-0.05, 0) is 45.1 Å². The Morgan fingerprint density at radius 2 is 1.83 bits per heavy atom. The van der Waals surface area contributed by atoms with Gasteiger partial charge in [-0.3, -0.25) is 0 Å². The molecule has 0 radical (unpaired) electrons. The Morgan fingerprint density at radius 3 is 2.48 bits per heavy atom. The number of hydrogen-bond acceptors (Lipinski definition) is 2. The third-order valence-electron chi connectivity index (χ3n) is 3.55. The molecule has 3 heteroatoms. The third-order valence-corrected chi connectivity index (χ3v) is 4.17. The highest BCUT2D eigenvalue weighted by Gasteiger charge is 2.15. The topological polar surface area (TPSA) is 18.5 Å². The van der Waals surface area contributed by atoms with E-state index in [1.54, 1.807) is 6.08 Å². The summed E-state index contributed by atoms with van der Waals surface area (Å²) in [5, 5.41) is 0. The molecular weight excluding hydrogens is 352 g/mol. The average molecular weight is 375 g/mol. The molecule has 2 nitrogen and oxygen atoms in total. The summed E-state index contributed by atoms with van der Waals surface area (Å²) in [4.78, 5) is 0. The molecule has 0 saturated heterocycles. The molecule has 0 bridgehead atoms. The van der Waals surface area contributed by atoms with Gasteiger partial charge in [0.2, 0.25) is 0 Å². The van der Waals surface area contributed by atoms with Crippen molar-refractivity contribution in [2.24, 2.45) is 0 Å². The number of rotatable bonds is 8. The minimum absolute atomic E-state index is 0.185. The first-order valence-corrected chi connectivity index (χ1v) is 8.60. The van der Waals surface area contributed by atoms with Gasteiger partial charge < -0.3 is 9.47 Å². The van der Waals surface area contributed by atoms with Crippen LogP contribution in [0, 0.1) is 0 Å². The largest absolute Gasteiger partial charge is 0.482 e. The number of para-hydroxylation sites is 1. The normalized spacial score (nSPS) is 12.2. The van der Waals surface area contributed by atoms with Gasteiger partial charge in [0, 0.05) is 0 Å². The monoisotopic (exact) mass is 374 g/mol. The molecule has 0 spiro atoms. The second-order valence-electron chi connectivity index (χ2n) is 5.71. The summed E-state index contributed by atoms with van der Waals surface area (Å²) in [6.45, 7) is 9.22. The lowest BCUT2D eigenvalue weighted by Crippen LogP contribution is -2.21. The molecule has 2 aromatic rings. The van der Waals surface area contributed by atoms with Crippen LogP contribution < -0.4 is 4.74 Å². The molecule has 0 aliphatic carbocycles. The van der Waals surface area contributed by atoms with Gasteiger partial charge in [-0.2, -0.15) is 0 Å². The standard InChI is InChI=1S/C20H23BrO2/c1-4-17(14-22-13-16-9-6-5-7-10-16)23-20-18(15(2)3)11-8-12-19(20)21/h4-12,15,17H,1,13-14H2,2-3H3/t17-/m0/s1. The molecule has 122 valence electrons. The molecule has 2 aromatic carbocycles. The molecule has 0 N–H and O–H groups in total. The summed E-state index contributed by atoms with van der Waals surface area (Å²) in [7, 11) is 0. The van der Waals surface area contributed by atoms with Crippen molar-refractivity contribution in [2.75, 3.05) is 6.61 Å². The van der Waals surface area contributed by atoms with Crippen molar-refractivity contribution in [3.8, 4) is 5.75 Å². The summed E-state index contributed by atoms with van der Waals surface area (Å²) in [5.74, 6) is 1.26. The molecule has 0 saturated carbocycles. The van der Waals surface area contributed by atoms with Gasteiger partial charge in [0.05, 0.1) is 17.7 Å². The quantitative estimate of drug-likeness (QED) is 0.549. The molecule has 0 aromatic heterocycles. The van der Waals surface area contributed by atoms with E-state index < -0.39 is 0 Å². The van der Waals surface area contributed by atoms with Crippen molar-refractivity contribution in [3.63, 3.8) is 0 Å². The maximum atomic E-state index is 6.13. The minimum Gasteiger partial charge on any atom is -0.482 e. The van der Waals surface area contributed by atoms with Crippen LogP contribution in [0.25, 0.3) is 0 Å². The lowest BCUT2D eigenvalue weighted by molar-refractivity contribution is 0.0602. The van der Waals surface area contributed by atoms with Crippen molar-refractivity contribution in [1.29, 1.82) is 0 Å². The Kier molecular flexibility index (Phi) is 6.87. The Labute approximate surface area is 147 Å². The summed E-state index contributed by atoms with van der Waals surface area (Å²) < 4.78 is 12.9. The van der Waals surface area contributed by atoms with E-state index in [-0.39, 0.29) is 6.10 Å². The highest BCUT2D eigenvalue weighted by atomic mass is 79.9. The van der Waals surface area contributed by atoms with Crippen LogP contribution in [0.3, 0.4) is 0 Å². The maximum absolute atomic E-state index is 6.13. The zero-order valence-electron chi connectivity index (χ0n) is 13.7. The molecule has 2 rings (SSSR count). The van der Waals surface area contributed by atoms with Crippen LogP contribution in [-0.2, 0) is 11.3 Å². The smallest absolute Gasteiger partial charge is 0.140 e. The van der Waals surface area contributed by atoms with Crippen LogP contribution >= 0.6 is 15.9 Å². The van der Waals surface area contributed by atoms with Gasteiger partial charge in [0.25, 0.3) is 0 Å². The zero-order chi connectivity index (χ0) is 16.7. The van der Waals surface area contributed by atoms with Crippen LogP contribution in [0.1, 0.15) is 30.9 Å². The average Bonchev–Trinajstić information content (AvgIpc) is 2.56. The second-order valence-corrected chi connectivity index (χ2v) is 6.56. The van der Waals surface area contributed by atoms with Crippen molar-refractivity contribution in [2.45, 2.75) is 32.5 Å². The first-order chi connectivity index (χ1) is 11.1. The summed E-state index contributed by atoms with van der Waals surface area (Å²) >= 11 is 3.58. The van der Waals surface area contributed by atoms with Crippen LogP contribution in [0.4, 0.5) is 0 Å². The zero-order valence-corrected chi connectivity index (χ0v) is 15.3. The van der Waals surface area contributed by atoms with E-state index in [1.807, 2.05) is 30.3 Å². The van der Waals surface area contributed by atoms with E-state index in [4.69, 9.17) is 9.47 Å². The van der Waals surface area contributed by atoms with Crippen molar-refractivity contribution >= 4 is 15.9 Å². The molecule has 0 unspecified atom stereocenters. The number of halogens is 1. The molecule has 1 atom stereocenters. The molecule has 0 heterocycles. The van der Waals surface area contributed by atoms with Crippen molar-refractivity contribution in [3.05, 3.63) is 76.8 Å². The predicted molar refractivity (Wildman–Crippen MR) is 98.9 cm³/mol. The van der Waals surface area contributed by atoms with Gasteiger partial charge in [0.15, 0.2) is 0 Å². The van der Waals surface area contributed by atoms with Crippen molar-refractivity contribution in [1.82, 2.24) is 0 Å². The van der Waals surface area contributed by atoms with E-state index >= 15 is 0 Å². The van der Waals surface area contributed by atoms with Gasteiger partial charge in [-0.25, -0.2) is 0 Å². The number of hydrogen-bond donors (Lipinski definition) is 0. The second kappa shape index (κ2) is 8.90. The molecule has 0 aliphatic heterocycles. The van der Waals surface area contributed by atoms with E-state index in [0.717, 1.165) is 15.8 Å². The Balaban J connectivity index is 1.98. The number of benzene rings is 2. The van der Waals surface area contributed by atoms with Gasteiger partial charge in [-0.1, -0.05) is 62.9 Å². The van der Waals surface area contributed by atoms with E-state index in [2.05, 4.69) is 54.6 Å². The van der Waals surface area contributed by atoms with E-state index in [0.29, 0.717) is 19.1 Å². The first-order valence-electron chi connectivity index (χ1n) is 7.81. The summed E-state index contributed by atoms with van der Waals surface area (Å²) in [6, 6.07) is 16.2. The fraction of sp³-hybridized carbons (Fsp3) is 0.300. The third kappa shape index (κ3) is 5.22. The van der Waals surface area contributed by atoms with Gasteiger partial charge in [-0.15, -0.1) is 0 Å². The van der Waals surface area contributed by atoms with Crippen LogP contribution in [0.5, 0.6) is 5.75 Å². The molecule has 0 amide bonds. The predicted octanol–water partition coefficient (Wildman–Crippen LogP) is 5.72. The highest BCUT2D eigenvalue weighted by molar-refractivity contribution is 9.10. The Bertz CT molecular complexity index is 623. The lowest BCUT2D eigenvalue weighted by Gasteiger charge is -2.21. The van der Waals surface area contributed by atoms with Crippen LogP contribution in [-0.4, -0.2) is 12.7 Å². The maximum Gasteiger partial charge on any atom is 0.140 e. The van der Waals surface area contributed by atoms with Crippen LogP contribution in [0.2, 0.25) is 0 Å². The SMILES string of the molecule is C=C[C@@H](COCc1ccccc1)Oc1c(Br)cccc1C(C)C. The van der Waals surface area contributed by atoms with Gasteiger partial charge in [0.1, 0.15) is 11.9 Å². The van der Waals surface area contributed by atoms with E-state index in [9.17, 15) is 0 Å². The Morgan fingerprint density at radius 1 is 1.09 bits per heavy atom. The summed E-state index contributed by atoms with van der Waals surface area (Å²) in [6.07, 6.45) is 1.60. The summed E-state index contributed by atoms with van der Waals surface area (Å²) in [5.41, 5.74) is 2.33. The van der Waals surface area contributed by atoms with E-state index in [1.165, 1.54) is 5.56 Å². The van der Waals surface area contributed by atoms with Gasteiger partial charge >= 0.3 is 0 Å². The molecule has 23 heavy (non-hydrogen) atoms. The highest BCUT2D eigenvalue weighted by Crippen LogP contribution is 2.34. The van der Waals surface area contributed by atoms with Crippen LogP contribution in [0.15, 0.2) is 65.7 Å². The first kappa shape index (κ1) is 17.8. The van der Waals surface area contributed by atoms with Crippen molar-refractivity contribution < 1.29 is 9.47 Å². The molecule has 0 aliphatic rings. The fourth-order valence-corrected chi connectivity index (χ4v) is 2.75. The lowest BCUT2D eigenvalue weighted by atomic mass is 10.0. The number of ether oxygens (including phenoxy) is 2. The molecule has 0 fully saturated rings. The minimum atomic E-state index is -0.185.